The lowest BCUT2D eigenvalue weighted by molar-refractivity contribution is -0.122. The van der Waals surface area contributed by atoms with Gasteiger partial charge in [-0.15, -0.1) is 0 Å². The number of nitrogens with one attached hydrogen (secondary N) is 3. The number of halogens is 1. The Morgan fingerprint density at radius 2 is 1.86 bits per heavy atom. The molecule has 0 saturated carbocycles. The molecule has 1 atom stereocenters. The second kappa shape index (κ2) is 9.02. The quantitative estimate of drug-likeness (QED) is 0.724. The smallest absolute Gasteiger partial charge is 0.319 e. The lowest BCUT2D eigenvalue weighted by Crippen LogP contribution is -2.46. The topological polar surface area (TPSA) is 70.2 Å². The Hall–Kier alpha value is -2.11. The van der Waals surface area contributed by atoms with E-state index in [-0.39, 0.29) is 6.54 Å². The zero-order valence-electron chi connectivity index (χ0n) is 13.3. The summed E-state index contributed by atoms with van der Waals surface area (Å²) in [5.74, 6) is -0.414. The van der Waals surface area contributed by atoms with Gasteiger partial charge in [-0.2, -0.15) is 0 Å². The molecule has 22 heavy (non-hydrogen) atoms. The minimum atomic E-state index is -0.730. The normalized spacial score (nSPS) is 11.6. The Balaban J connectivity index is 2.59. The number of hydrogen-bond acceptors (Lipinski definition) is 2. The van der Waals surface area contributed by atoms with Gasteiger partial charge in [-0.3, -0.25) is 4.79 Å². The van der Waals surface area contributed by atoms with Gasteiger partial charge in [-0.1, -0.05) is 19.9 Å². The fourth-order valence-electron chi connectivity index (χ4n) is 2.13. The van der Waals surface area contributed by atoms with Crippen LogP contribution in [0.15, 0.2) is 18.2 Å². The summed E-state index contributed by atoms with van der Waals surface area (Å²) < 4.78 is 12.0. The van der Waals surface area contributed by atoms with Gasteiger partial charge in [0.25, 0.3) is 0 Å². The molecule has 0 heterocycles. The first kappa shape index (κ1) is 17.9. The largest absolute Gasteiger partial charge is 0.352 e. The summed E-state index contributed by atoms with van der Waals surface area (Å²) >= 11 is 0. The molecule has 0 radical (unpaired) electrons. The van der Waals surface area contributed by atoms with Crippen LogP contribution in [0.3, 0.4) is 0 Å². The second-order valence-electron chi connectivity index (χ2n) is 4.99. The van der Waals surface area contributed by atoms with Gasteiger partial charge in [0.2, 0.25) is 5.91 Å². The number of hydrogen-bond donors (Lipinski definition) is 3. The average molecular weight is 309 g/mol. The van der Waals surface area contributed by atoms with E-state index in [1.54, 1.807) is 6.92 Å². The summed E-state index contributed by atoms with van der Waals surface area (Å²) in [6, 6.07) is 4.57. The van der Waals surface area contributed by atoms with E-state index in [1.807, 2.05) is 18.2 Å². The molecule has 122 valence electrons. The molecule has 3 N–H and O–H groups in total. The molecule has 0 saturated heterocycles. The van der Waals surface area contributed by atoms with Gasteiger partial charge in [-0.05, 0) is 43.0 Å². The lowest BCUT2D eigenvalue weighted by Gasteiger charge is -2.15. The van der Waals surface area contributed by atoms with E-state index in [0.29, 0.717) is 5.69 Å². The van der Waals surface area contributed by atoms with E-state index in [9.17, 15) is 14.0 Å². The van der Waals surface area contributed by atoms with Crippen molar-refractivity contribution in [2.24, 2.45) is 0 Å². The maximum absolute atomic E-state index is 12.0. The first-order chi connectivity index (χ1) is 10.5. The molecule has 0 fully saturated rings. The minimum Gasteiger partial charge on any atom is -0.352 e. The Kier molecular flexibility index (Phi) is 7.36. The van der Waals surface area contributed by atoms with E-state index in [0.717, 1.165) is 12.8 Å². The summed E-state index contributed by atoms with van der Waals surface area (Å²) in [6.45, 7) is 5.02. The van der Waals surface area contributed by atoms with E-state index >= 15 is 0 Å². The number of alkyl halides is 1. The number of carbonyl (C=O) groups excluding carboxylic acids is 2. The molecule has 6 heteroatoms. The molecule has 0 aliphatic rings. The number of amides is 3. The SMILES string of the molecule is CCc1ccc(NC(=O)N[C@H](C)C(=O)NCCF)cc1CC. The van der Waals surface area contributed by atoms with E-state index in [1.165, 1.54) is 11.1 Å². The highest BCUT2D eigenvalue weighted by Crippen LogP contribution is 2.17. The van der Waals surface area contributed by atoms with Gasteiger partial charge in [-0.25, -0.2) is 9.18 Å². The van der Waals surface area contributed by atoms with Gasteiger partial charge < -0.3 is 16.0 Å². The molecule has 0 unspecified atom stereocenters. The zero-order chi connectivity index (χ0) is 16.5. The summed E-state index contributed by atoms with van der Waals surface area (Å²) in [4.78, 5) is 23.4. The van der Waals surface area contributed by atoms with Crippen LogP contribution in [0.25, 0.3) is 0 Å². The van der Waals surface area contributed by atoms with Crippen LogP contribution in [0.1, 0.15) is 31.9 Å². The van der Waals surface area contributed by atoms with Gasteiger partial charge in [0.1, 0.15) is 12.7 Å². The molecule has 1 aromatic rings. The number of rotatable bonds is 7. The zero-order valence-corrected chi connectivity index (χ0v) is 13.3. The molecule has 0 aliphatic heterocycles. The molecule has 0 aliphatic carbocycles. The summed E-state index contributed by atoms with van der Waals surface area (Å²) in [6.07, 6.45) is 1.84. The lowest BCUT2D eigenvalue weighted by atomic mass is 10.0. The van der Waals surface area contributed by atoms with Crippen LogP contribution in [0.5, 0.6) is 0 Å². The van der Waals surface area contributed by atoms with Crippen molar-refractivity contribution in [1.82, 2.24) is 10.6 Å². The first-order valence-electron chi connectivity index (χ1n) is 7.54. The van der Waals surface area contributed by atoms with Crippen molar-refractivity contribution in [3.05, 3.63) is 29.3 Å². The van der Waals surface area contributed by atoms with Crippen LogP contribution in [0, 0.1) is 0 Å². The predicted molar refractivity (Wildman–Crippen MR) is 85.8 cm³/mol. The third-order valence-corrected chi connectivity index (χ3v) is 3.36. The Morgan fingerprint density at radius 3 is 2.45 bits per heavy atom. The van der Waals surface area contributed by atoms with Gasteiger partial charge in [0.15, 0.2) is 0 Å². The maximum atomic E-state index is 12.0. The van der Waals surface area contributed by atoms with E-state index < -0.39 is 24.7 Å². The molecule has 5 nitrogen and oxygen atoms in total. The van der Waals surface area contributed by atoms with E-state index in [4.69, 9.17) is 0 Å². The van der Waals surface area contributed by atoms with Crippen LogP contribution in [-0.4, -0.2) is 31.2 Å². The van der Waals surface area contributed by atoms with Crippen molar-refractivity contribution in [1.29, 1.82) is 0 Å². The first-order valence-corrected chi connectivity index (χ1v) is 7.54. The average Bonchev–Trinajstić information content (AvgIpc) is 2.52. The van der Waals surface area contributed by atoms with Crippen molar-refractivity contribution in [3.63, 3.8) is 0 Å². The number of anilines is 1. The molecule has 1 aromatic carbocycles. The molecule has 1 rings (SSSR count). The molecule has 0 aromatic heterocycles. The number of benzene rings is 1. The van der Waals surface area contributed by atoms with Crippen LogP contribution in [-0.2, 0) is 17.6 Å². The van der Waals surface area contributed by atoms with Crippen molar-refractivity contribution in [2.75, 3.05) is 18.5 Å². The fourth-order valence-corrected chi connectivity index (χ4v) is 2.13. The third-order valence-electron chi connectivity index (χ3n) is 3.36. The summed E-state index contributed by atoms with van der Waals surface area (Å²) in [5.41, 5.74) is 3.13. The minimum absolute atomic E-state index is 0.0508. The van der Waals surface area contributed by atoms with Crippen molar-refractivity contribution < 1.29 is 14.0 Å². The highest BCUT2D eigenvalue weighted by atomic mass is 19.1. The Morgan fingerprint density at radius 1 is 1.18 bits per heavy atom. The standard InChI is InChI=1S/C16H24FN3O2/c1-4-12-6-7-14(10-13(12)5-2)20-16(22)19-11(3)15(21)18-9-8-17/h6-7,10-11H,4-5,8-9H2,1-3H3,(H,18,21)(H2,19,20,22)/t11-/m1/s1. The van der Waals surface area contributed by atoms with Crippen molar-refractivity contribution >= 4 is 17.6 Å². The van der Waals surface area contributed by atoms with Gasteiger partial charge >= 0.3 is 6.03 Å². The van der Waals surface area contributed by atoms with Crippen LogP contribution in [0.2, 0.25) is 0 Å². The highest BCUT2D eigenvalue weighted by Gasteiger charge is 2.15. The second-order valence-corrected chi connectivity index (χ2v) is 4.99. The third kappa shape index (κ3) is 5.35. The molecule has 0 spiro atoms. The molecule has 0 bridgehead atoms. The monoisotopic (exact) mass is 309 g/mol. The molecular weight excluding hydrogens is 285 g/mol. The molecule has 3 amide bonds. The Bertz CT molecular complexity index is 520. The van der Waals surface area contributed by atoms with Gasteiger partial charge in [0, 0.05) is 12.2 Å². The number of carbonyl (C=O) groups is 2. The predicted octanol–water partition coefficient (Wildman–Crippen LogP) is 2.41. The summed E-state index contributed by atoms with van der Waals surface area (Å²) in [5, 5.41) is 7.60. The Labute approximate surface area is 130 Å². The van der Waals surface area contributed by atoms with Crippen LogP contribution in [0.4, 0.5) is 14.9 Å². The highest BCUT2D eigenvalue weighted by molar-refractivity contribution is 5.93. The number of urea groups is 1. The van der Waals surface area contributed by atoms with Crippen molar-refractivity contribution in [3.8, 4) is 0 Å². The van der Waals surface area contributed by atoms with E-state index in [2.05, 4.69) is 29.8 Å². The summed E-state index contributed by atoms with van der Waals surface area (Å²) in [7, 11) is 0. The fraction of sp³-hybridized carbons (Fsp3) is 0.500. The van der Waals surface area contributed by atoms with Gasteiger partial charge in [0.05, 0.1) is 0 Å². The number of aryl methyl sites for hydroxylation is 2. The van der Waals surface area contributed by atoms with Crippen LogP contribution < -0.4 is 16.0 Å². The van der Waals surface area contributed by atoms with Crippen molar-refractivity contribution in [2.45, 2.75) is 39.7 Å². The molecular formula is C16H24FN3O2. The maximum Gasteiger partial charge on any atom is 0.319 e. The van der Waals surface area contributed by atoms with Crippen LogP contribution >= 0.6 is 0 Å².